The maximum Gasteiger partial charge on any atom is 0.320 e. The number of carbonyl (C=O) groups excluding carboxylic acids is 2. The molecule has 2 saturated heterocycles. The van der Waals surface area contributed by atoms with Gasteiger partial charge in [-0.05, 0) is 77.0 Å². The van der Waals surface area contributed by atoms with Crippen LogP contribution in [0.1, 0.15) is 65.7 Å². The smallest absolute Gasteiger partial charge is 0.320 e. The van der Waals surface area contributed by atoms with E-state index in [-0.39, 0.29) is 29.2 Å². The Balaban J connectivity index is 1.58. The van der Waals surface area contributed by atoms with E-state index in [1.807, 2.05) is 0 Å². The minimum atomic E-state index is -0.366. The number of likely N-dealkylation sites (tertiary alicyclic amines) is 2. The Morgan fingerprint density at radius 3 is 1.74 bits per heavy atom. The number of ether oxygens (including phenoxy) is 2. The van der Waals surface area contributed by atoms with Crippen LogP contribution in [0.3, 0.4) is 0 Å². The van der Waals surface area contributed by atoms with Gasteiger partial charge in [0.1, 0.15) is 13.2 Å². The van der Waals surface area contributed by atoms with Crippen LogP contribution in [0.2, 0.25) is 0 Å². The summed E-state index contributed by atoms with van der Waals surface area (Å²) in [6.45, 7) is 11.8. The molecule has 2 heterocycles. The number of carbonyl (C=O) groups is 2. The van der Waals surface area contributed by atoms with Crippen LogP contribution >= 0.6 is 0 Å². The molecule has 0 unspecified atom stereocenters. The van der Waals surface area contributed by atoms with Crippen LogP contribution < -0.4 is 0 Å². The number of hydrogen-bond acceptors (Lipinski definition) is 6. The Morgan fingerprint density at radius 1 is 0.871 bits per heavy atom. The van der Waals surface area contributed by atoms with Crippen LogP contribution in [0.4, 0.5) is 0 Å². The van der Waals surface area contributed by atoms with E-state index in [2.05, 4.69) is 36.6 Å². The predicted molar refractivity (Wildman–Crippen MR) is 122 cm³/mol. The second-order valence-corrected chi connectivity index (χ2v) is 10.1. The Kier molecular flexibility index (Phi) is 8.96. The van der Waals surface area contributed by atoms with E-state index in [0.717, 1.165) is 58.3 Å². The molecule has 0 aromatic rings. The lowest BCUT2D eigenvalue weighted by molar-refractivity contribution is -0.161. The first kappa shape index (κ1) is 24.2. The summed E-state index contributed by atoms with van der Waals surface area (Å²) in [5, 5.41) is 0. The zero-order chi connectivity index (χ0) is 22.3. The van der Waals surface area contributed by atoms with E-state index >= 15 is 0 Å². The number of hydrogen-bond donors (Lipinski definition) is 0. The van der Waals surface area contributed by atoms with Crippen molar-refractivity contribution in [2.24, 2.45) is 17.3 Å². The molecule has 6 nitrogen and oxygen atoms in total. The third-order valence-corrected chi connectivity index (χ3v) is 7.66. The highest BCUT2D eigenvalue weighted by Crippen LogP contribution is 2.45. The second kappa shape index (κ2) is 11.5. The molecule has 0 aromatic carbocycles. The number of rotatable bonds is 8. The molecule has 2 atom stereocenters. The molecule has 0 aromatic heterocycles. The summed E-state index contributed by atoms with van der Waals surface area (Å²) in [6, 6.07) is 0. The van der Waals surface area contributed by atoms with Gasteiger partial charge in [-0.2, -0.15) is 0 Å². The van der Waals surface area contributed by atoms with E-state index in [4.69, 9.17) is 9.47 Å². The summed E-state index contributed by atoms with van der Waals surface area (Å²) < 4.78 is 11.7. The van der Waals surface area contributed by atoms with Crippen LogP contribution in [0.5, 0.6) is 0 Å². The molecule has 3 aliphatic rings. The molecule has 176 valence electrons. The standard InChI is InChI=1S/C25H42N2O4/c1-20-14-21(2)25(22(3)15-20,18-30-23(28)16-26-10-6-4-7-11-26)19-31-24(29)17-27-12-8-5-9-13-27/h14,21-22H,4-13,15-19H2,1-3H3/t21-,22-/m1/s1. The highest BCUT2D eigenvalue weighted by molar-refractivity contribution is 5.72. The molecule has 0 amide bonds. The highest BCUT2D eigenvalue weighted by atomic mass is 16.5. The van der Waals surface area contributed by atoms with Gasteiger partial charge in [0, 0.05) is 5.41 Å². The minimum Gasteiger partial charge on any atom is -0.464 e. The third kappa shape index (κ3) is 6.79. The Labute approximate surface area is 188 Å². The molecule has 0 spiro atoms. The fourth-order valence-corrected chi connectivity index (χ4v) is 5.51. The molecule has 0 saturated carbocycles. The average Bonchev–Trinajstić information content (AvgIpc) is 2.74. The van der Waals surface area contributed by atoms with Gasteiger partial charge in [-0.15, -0.1) is 0 Å². The Morgan fingerprint density at radius 2 is 1.32 bits per heavy atom. The molecule has 0 bridgehead atoms. The quantitative estimate of drug-likeness (QED) is 0.429. The Hall–Kier alpha value is -1.40. The van der Waals surface area contributed by atoms with Crippen LogP contribution in [-0.2, 0) is 19.1 Å². The largest absolute Gasteiger partial charge is 0.464 e. The lowest BCUT2D eigenvalue weighted by Gasteiger charge is -2.45. The first-order valence-corrected chi connectivity index (χ1v) is 12.3. The van der Waals surface area contributed by atoms with Crippen molar-refractivity contribution in [1.29, 1.82) is 0 Å². The molecule has 1 aliphatic carbocycles. The van der Waals surface area contributed by atoms with Gasteiger partial charge in [0.05, 0.1) is 13.1 Å². The number of nitrogens with zero attached hydrogens (tertiary/aromatic N) is 2. The first-order chi connectivity index (χ1) is 14.9. The number of allylic oxidation sites excluding steroid dienone is 2. The van der Waals surface area contributed by atoms with Crippen LogP contribution in [0, 0.1) is 17.3 Å². The highest BCUT2D eigenvalue weighted by Gasteiger charge is 2.45. The van der Waals surface area contributed by atoms with Crippen molar-refractivity contribution >= 4 is 11.9 Å². The van der Waals surface area contributed by atoms with Crippen molar-refractivity contribution in [1.82, 2.24) is 9.80 Å². The lowest BCUT2D eigenvalue weighted by atomic mass is 9.63. The normalized spacial score (nSPS) is 27.4. The average molecular weight is 435 g/mol. The monoisotopic (exact) mass is 434 g/mol. The molecule has 2 fully saturated rings. The predicted octanol–water partition coefficient (Wildman–Crippen LogP) is 3.65. The summed E-state index contributed by atoms with van der Waals surface area (Å²) in [5.41, 5.74) is 0.990. The molecular weight excluding hydrogens is 392 g/mol. The zero-order valence-electron chi connectivity index (χ0n) is 19.9. The van der Waals surface area contributed by atoms with E-state index in [1.54, 1.807) is 0 Å². The SMILES string of the molecule is CC1=C[C@@H](C)C(COC(=O)CN2CCCCC2)(COC(=O)CN2CCCCC2)[C@H](C)C1. The van der Waals surface area contributed by atoms with Gasteiger partial charge in [0.2, 0.25) is 0 Å². The van der Waals surface area contributed by atoms with Gasteiger partial charge in [-0.1, -0.05) is 38.3 Å². The Bertz CT molecular complexity index is 599. The summed E-state index contributed by atoms with van der Waals surface area (Å²) in [7, 11) is 0. The topological polar surface area (TPSA) is 59.1 Å². The number of esters is 2. The molecule has 3 rings (SSSR count). The van der Waals surface area contributed by atoms with E-state index in [9.17, 15) is 9.59 Å². The molecule has 0 N–H and O–H groups in total. The van der Waals surface area contributed by atoms with Gasteiger partial charge in [0.15, 0.2) is 0 Å². The summed E-state index contributed by atoms with van der Waals surface area (Å²) >= 11 is 0. The summed E-state index contributed by atoms with van der Waals surface area (Å²) in [5.74, 6) is 0.137. The number of piperidine rings is 2. The third-order valence-electron chi connectivity index (χ3n) is 7.66. The van der Waals surface area contributed by atoms with Gasteiger partial charge < -0.3 is 9.47 Å². The van der Waals surface area contributed by atoms with Gasteiger partial charge in [-0.3, -0.25) is 19.4 Å². The summed E-state index contributed by atoms with van der Waals surface area (Å²) in [6.07, 6.45) is 10.3. The maximum absolute atomic E-state index is 12.6. The van der Waals surface area contributed by atoms with Gasteiger partial charge in [-0.25, -0.2) is 0 Å². The van der Waals surface area contributed by atoms with Crippen LogP contribution in [0.25, 0.3) is 0 Å². The first-order valence-electron chi connectivity index (χ1n) is 12.3. The zero-order valence-corrected chi connectivity index (χ0v) is 19.9. The van der Waals surface area contributed by atoms with Crippen molar-refractivity contribution in [2.45, 2.75) is 65.7 Å². The van der Waals surface area contributed by atoms with Gasteiger partial charge in [0.25, 0.3) is 0 Å². The lowest BCUT2D eigenvalue weighted by Crippen LogP contribution is -2.48. The second-order valence-electron chi connectivity index (χ2n) is 10.1. The van der Waals surface area contributed by atoms with E-state index < -0.39 is 0 Å². The van der Waals surface area contributed by atoms with Crippen LogP contribution in [0.15, 0.2) is 11.6 Å². The van der Waals surface area contributed by atoms with Crippen molar-refractivity contribution in [3.8, 4) is 0 Å². The van der Waals surface area contributed by atoms with Crippen molar-refractivity contribution in [3.05, 3.63) is 11.6 Å². The molecular formula is C25H42N2O4. The van der Waals surface area contributed by atoms with E-state index in [0.29, 0.717) is 26.3 Å². The maximum atomic E-state index is 12.6. The fraction of sp³-hybridized carbons (Fsp3) is 0.840. The van der Waals surface area contributed by atoms with Gasteiger partial charge >= 0.3 is 11.9 Å². The van der Waals surface area contributed by atoms with Crippen molar-refractivity contribution in [2.75, 3.05) is 52.5 Å². The molecule has 2 aliphatic heterocycles. The fourth-order valence-electron chi connectivity index (χ4n) is 5.51. The van der Waals surface area contributed by atoms with E-state index in [1.165, 1.54) is 18.4 Å². The molecule has 6 heteroatoms. The molecule has 31 heavy (non-hydrogen) atoms. The van der Waals surface area contributed by atoms with Crippen LogP contribution in [-0.4, -0.2) is 74.2 Å². The van der Waals surface area contributed by atoms with Crippen molar-refractivity contribution < 1.29 is 19.1 Å². The molecule has 0 radical (unpaired) electrons. The summed E-state index contributed by atoms with van der Waals surface area (Å²) in [4.78, 5) is 29.5. The van der Waals surface area contributed by atoms with Crippen molar-refractivity contribution in [3.63, 3.8) is 0 Å². The minimum absolute atomic E-state index is 0.161.